The third-order valence-electron chi connectivity index (χ3n) is 4.00. The lowest BCUT2D eigenvalue weighted by atomic mass is 10.0. The van der Waals surface area contributed by atoms with Gasteiger partial charge in [-0.05, 0) is 24.8 Å². The van der Waals surface area contributed by atoms with Crippen LogP contribution in [0.1, 0.15) is 43.6 Å². The quantitative estimate of drug-likeness (QED) is 0.717. The second-order valence-corrected chi connectivity index (χ2v) is 6.24. The molecule has 1 aromatic carbocycles. The summed E-state index contributed by atoms with van der Waals surface area (Å²) in [6, 6.07) is 8.50. The Morgan fingerprint density at radius 1 is 1.32 bits per heavy atom. The van der Waals surface area contributed by atoms with Crippen LogP contribution in [-0.2, 0) is 11.3 Å². The van der Waals surface area contributed by atoms with Gasteiger partial charge in [0.1, 0.15) is 6.04 Å². The molecule has 132 valence electrons. The Bertz CT molecular complexity index is 804. The van der Waals surface area contributed by atoms with Crippen molar-refractivity contribution < 1.29 is 14.7 Å². The minimum Gasteiger partial charge on any atom is -0.480 e. The maximum absolute atomic E-state index is 12.6. The van der Waals surface area contributed by atoms with Crippen LogP contribution in [0.2, 0.25) is 0 Å². The number of nitriles is 1. The van der Waals surface area contributed by atoms with E-state index in [4.69, 9.17) is 5.26 Å². The standard InChI is InChI=1S/C18H22N4O3/c1-12(2)15(18(24)25)20-17(23)16-13-8-4-5-9-14(13)22(21-16)11-7-3-6-10-19/h4-5,8-9,12,15H,3,6-7,11H2,1-2H3,(H,20,23)(H,24,25). The monoisotopic (exact) mass is 342 g/mol. The number of carbonyl (C=O) groups is 2. The predicted octanol–water partition coefficient (Wildman–Crippen LogP) is 2.57. The maximum Gasteiger partial charge on any atom is 0.326 e. The van der Waals surface area contributed by atoms with Crippen LogP contribution in [0.4, 0.5) is 0 Å². The van der Waals surface area contributed by atoms with E-state index in [0.717, 1.165) is 18.4 Å². The van der Waals surface area contributed by atoms with Crippen LogP contribution in [0.5, 0.6) is 0 Å². The number of amides is 1. The maximum atomic E-state index is 12.6. The van der Waals surface area contributed by atoms with Gasteiger partial charge in [-0.15, -0.1) is 0 Å². The Morgan fingerprint density at radius 3 is 2.68 bits per heavy atom. The average molecular weight is 342 g/mol. The van der Waals surface area contributed by atoms with Crippen LogP contribution >= 0.6 is 0 Å². The number of hydrogen-bond acceptors (Lipinski definition) is 4. The number of nitrogens with one attached hydrogen (secondary N) is 1. The van der Waals surface area contributed by atoms with Gasteiger partial charge in [0, 0.05) is 18.4 Å². The summed E-state index contributed by atoms with van der Waals surface area (Å²) >= 11 is 0. The topological polar surface area (TPSA) is 108 Å². The fourth-order valence-electron chi connectivity index (χ4n) is 2.65. The van der Waals surface area contributed by atoms with E-state index in [2.05, 4.69) is 16.5 Å². The highest BCUT2D eigenvalue weighted by Crippen LogP contribution is 2.19. The van der Waals surface area contributed by atoms with E-state index in [1.807, 2.05) is 18.2 Å². The van der Waals surface area contributed by atoms with Gasteiger partial charge in [0.05, 0.1) is 11.6 Å². The van der Waals surface area contributed by atoms with Gasteiger partial charge < -0.3 is 10.4 Å². The van der Waals surface area contributed by atoms with Gasteiger partial charge in [-0.1, -0.05) is 32.0 Å². The second-order valence-electron chi connectivity index (χ2n) is 6.24. The lowest BCUT2D eigenvalue weighted by Crippen LogP contribution is -2.44. The third kappa shape index (κ3) is 4.35. The summed E-state index contributed by atoms with van der Waals surface area (Å²) in [5.41, 5.74) is 1.05. The summed E-state index contributed by atoms with van der Waals surface area (Å²) < 4.78 is 1.74. The number of benzene rings is 1. The fourth-order valence-corrected chi connectivity index (χ4v) is 2.65. The minimum absolute atomic E-state index is 0.225. The second kappa shape index (κ2) is 8.29. The van der Waals surface area contributed by atoms with Crippen molar-refractivity contribution in [3.63, 3.8) is 0 Å². The molecule has 0 spiro atoms. The molecule has 0 saturated heterocycles. The van der Waals surface area contributed by atoms with Crippen molar-refractivity contribution in [3.05, 3.63) is 30.0 Å². The molecule has 0 fully saturated rings. The molecule has 7 heteroatoms. The molecule has 0 aliphatic rings. The van der Waals surface area contributed by atoms with Crippen molar-refractivity contribution in [1.82, 2.24) is 15.1 Å². The number of carbonyl (C=O) groups excluding carboxylic acids is 1. The highest BCUT2D eigenvalue weighted by molar-refractivity contribution is 6.05. The van der Waals surface area contributed by atoms with Crippen LogP contribution in [-0.4, -0.2) is 32.8 Å². The molecule has 7 nitrogen and oxygen atoms in total. The Balaban J connectivity index is 2.27. The normalized spacial score (nSPS) is 12.1. The molecule has 2 aromatic rings. The average Bonchev–Trinajstić information content (AvgIpc) is 2.95. The zero-order valence-electron chi connectivity index (χ0n) is 14.4. The summed E-state index contributed by atoms with van der Waals surface area (Å²) in [5, 5.41) is 25.5. The fraction of sp³-hybridized carbons (Fsp3) is 0.444. The van der Waals surface area contributed by atoms with Gasteiger partial charge in [0.15, 0.2) is 5.69 Å². The van der Waals surface area contributed by atoms with Crippen molar-refractivity contribution in [2.45, 2.75) is 45.7 Å². The summed E-state index contributed by atoms with van der Waals surface area (Å²) in [4.78, 5) is 23.9. The lowest BCUT2D eigenvalue weighted by molar-refractivity contribution is -0.140. The van der Waals surface area contributed by atoms with Crippen LogP contribution in [0, 0.1) is 17.2 Å². The van der Waals surface area contributed by atoms with Gasteiger partial charge in [-0.3, -0.25) is 9.48 Å². The highest BCUT2D eigenvalue weighted by atomic mass is 16.4. The smallest absolute Gasteiger partial charge is 0.326 e. The number of para-hydroxylation sites is 1. The molecule has 0 aliphatic heterocycles. The molecule has 2 N–H and O–H groups in total. The molecule has 1 heterocycles. The van der Waals surface area contributed by atoms with Crippen molar-refractivity contribution in [2.24, 2.45) is 5.92 Å². The number of aromatic nitrogens is 2. The largest absolute Gasteiger partial charge is 0.480 e. The number of aliphatic carboxylic acids is 1. The molecule has 0 bridgehead atoms. The van der Waals surface area contributed by atoms with Gasteiger partial charge in [0.2, 0.25) is 0 Å². The lowest BCUT2D eigenvalue weighted by Gasteiger charge is -2.17. The number of fused-ring (bicyclic) bond motifs is 1. The van der Waals surface area contributed by atoms with Crippen LogP contribution in [0.25, 0.3) is 10.9 Å². The highest BCUT2D eigenvalue weighted by Gasteiger charge is 2.26. The van der Waals surface area contributed by atoms with Crippen LogP contribution in [0.15, 0.2) is 24.3 Å². The van der Waals surface area contributed by atoms with Gasteiger partial charge in [-0.2, -0.15) is 10.4 Å². The van der Waals surface area contributed by atoms with E-state index in [-0.39, 0.29) is 11.6 Å². The SMILES string of the molecule is CC(C)C(NC(=O)c1nn(CCCCC#N)c2ccccc12)C(=O)O. The molecule has 25 heavy (non-hydrogen) atoms. The first kappa shape index (κ1) is 18.5. The van der Waals surface area contributed by atoms with E-state index in [1.165, 1.54) is 0 Å². The molecular weight excluding hydrogens is 320 g/mol. The van der Waals surface area contributed by atoms with E-state index in [1.54, 1.807) is 24.6 Å². The Kier molecular flexibility index (Phi) is 6.12. The van der Waals surface area contributed by atoms with Gasteiger partial charge in [0.25, 0.3) is 5.91 Å². The predicted molar refractivity (Wildman–Crippen MR) is 92.9 cm³/mol. The number of unbranched alkanes of at least 4 members (excludes halogenated alkanes) is 2. The number of hydrogen-bond donors (Lipinski definition) is 2. The van der Waals surface area contributed by atoms with Crippen molar-refractivity contribution >= 4 is 22.8 Å². The van der Waals surface area contributed by atoms with Crippen LogP contribution < -0.4 is 5.32 Å². The Morgan fingerprint density at radius 2 is 2.04 bits per heavy atom. The number of carboxylic acids is 1. The first-order valence-corrected chi connectivity index (χ1v) is 8.32. The number of aryl methyl sites for hydroxylation is 1. The molecule has 1 unspecified atom stereocenters. The van der Waals surface area contributed by atoms with Gasteiger partial charge in [-0.25, -0.2) is 4.79 Å². The Labute approximate surface area is 146 Å². The summed E-state index contributed by atoms with van der Waals surface area (Å²) in [7, 11) is 0. The molecule has 1 amide bonds. The first-order valence-electron chi connectivity index (χ1n) is 8.32. The minimum atomic E-state index is -1.07. The van der Waals surface area contributed by atoms with Crippen molar-refractivity contribution in [3.8, 4) is 6.07 Å². The van der Waals surface area contributed by atoms with Gasteiger partial charge >= 0.3 is 5.97 Å². The first-order chi connectivity index (χ1) is 12.0. The third-order valence-corrected chi connectivity index (χ3v) is 4.00. The van der Waals surface area contributed by atoms with E-state index >= 15 is 0 Å². The number of carboxylic acid groups (broad SMARTS) is 1. The zero-order valence-corrected chi connectivity index (χ0v) is 14.4. The molecule has 0 saturated carbocycles. The summed E-state index contributed by atoms with van der Waals surface area (Å²) in [6.45, 7) is 4.08. The molecular formula is C18H22N4O3. The van der Waals surface area contributed by atoms with Crippen molar-refractivity contribution in [1.29, 1.82) is 5.26 Å². The summed E-state index contributed by atoms with van der Waals surface area (Å²) in [6.07, 6.45) is 2.03. The molecule has 0 radical (unpaired) electrons. The van der Waals surface area contributed by atoms with Crippen molar-refractivity contribution in [2.75, 3.05) is 0 Å². The molecule has 0 aliphatic carbocycles. The zero-order chi connectivity index (χ0) is 18.4. The summed E-state index contributed by atoms with van der Waals surface area (Å²) in [5.74, 6) is -1.79. The van der Waals surface area contributed by atoms with E-state index in [9.17, 15) is 14.7 Å². The molecule has 2 rings (SSSR count). The molecule has 1 atom stereocenters. The number of nitrogens with zero attached hydrogens (tertiary/aromatic N) is 3. The van der Waals surface area contributed by atoms with E-state index in [0.29, 0.717) is 18.4 Å². The van der Waals surface area contributed by atoms with E-state index < -0.39 is 17.9 Å². The Hall–Kier alpha value is -2.88. The number of rotatable bonds is 8. The molecule has 1 aromatic heterocycles. The van der Waals surface area contributed by atoms with Crippen LogP contribution in [0.3, 0.4) is 0 Å².